The van der Waals surface area contributed by atoms with Gasteiger partial charge in [-0.1, -0.05) is 52.0 Å². The lowest BCUT2D eigenvalue weighted by Gasteiger charge is -2.24. The van der Waals surface area contributed by atoms with Gasteiger partial charge in [-0.2, -0.15) is 0 Å². The van der Waals surface area contributed by atoms with Crippen molar-refractivity contribution >= 4 is 24.5 Å². The topological polar surface area (TPSA) is 12.0 Å². The van der Waals surface area contributed by atoms with Gasteiger partial charge in [-0.05, 0) is 22.7 Å². The normalized spacial score (nSPS) is 13.9. The molecule has 0 saturated carbocycles. The molecule has 0 heterocycles. The highest BCUT2D eigenvalue weighted by Gasteiger charge is 2.21. The van der Waals surface area contributed by atoms with E-state index >= 15 is 0 Å². The third kappa shape index (κ3) is 3.33. The first-order chi connectivity index (χ1) is 6.96. The van der Waals surface area contributed by atoms with Crippen LogP contribution in [0.3, 0.4) is 0 Å². The van der Waals surface area contributed by atoms with Crippen molar-refractivity contribution in [2.45, 2.75) is 33.1 Å². The van der Waals surface area contributed by atoms with E-state index in [2.05, 4.69) is 56.9 Å². The Kier molecular flexibility index (Phi) is 4.38. The second kappa shape index (κ2) is 5.15. The number of rotatable bonds is 3. The molecule has 0 radical (unpaired) electrons. The maximum absolute atomic E-state index is 6.45. The molecule has 0 aliphatic carbocycles. The van der Waals surface area contributed by atoms with Gasteiger partial charge in [0, 0.05) is 0 Å². The molecule has 0 spiro atoms. The number of nitrogens with one attached hydrogen (secondary N) is 1. The average Bonchev–Trinajstić information content (AvgIpc) is 2.17. The highest BCUT2D eigenvalue weighted by atomic mass is 35.6. The van der Waals surface area contributed by atoms with Crippen molar-refractivity contribution < 1.29 is 0 Å². The molecular weight excluding hydrogens is 222 g/mol. The molecule has 0 aliphatic heterocycles. The summed E-state index contributed by atoms with van der Waals surface area (Å²) in [5, 5.41) is 1.33. The smallest absolute Gasteiger partial charge is 0.242 e. The van der Waals surface area contributed by atoms with Gasteiger partial charge in [0.2, 0.25) is 8.27 Å². The molecule has 1 aromatic rings. The monoisotopic (exact) mass is 241 g/mol. The van der Waals surface area contributed by atoms with Crippen molar-refractivity contribution in [1.82, 2.24) is 4.98 Å². The summed E-state index contributed by atoms with van der Waals surface area (Å²) in [5.41, 5.74) is 1.55. The van der Waals surface area contributed by atoms with E-state index in [-0.39, 0.29) is 5.41 Å². The largest absolute Gasteiger partial charge is 0.325 e. The summed E-state index contributed by atoms with van der Waals surface area (Å²) in [6.45, 7) is 9.74. The minimum atomic E-state index is -1.48. The van der Waals surface area contributed by atoms with Crippen LogP contribution in [0, 0.1) is 0 Å². The van der Waals surface area contributed by atoms with Crippen LogP contribution >= 0.6 is 11.1 Å². The van der Waals surface area contributed by atoms with E-state index in [1.807, 2.05) is 0 Å². The Morgan fingerprint density at radius 3 is 2.40 bits per heavy atom. The molecule has 1 nitrogen and oxygen atoms in total. The van der Waals surface area contributed by atoms with Gasteiger partial charge in [-0.25, -0.2) is 0 Å². The summed E-state index contributed by atoms with van der Waals surface area (Å²) in [5.74, 6) is 0. The van der Waals surface area contributed by atoms with Crippen LogP contribution in [-0.2, 0) is 5.41 Å². The fourth-order valence-electron chi connectivity index (χ4n) is 1.69. The zero-order valence-corrected chi connectivity index (χ0v) is 11.9. The summed E-state index contributed by atoms with van der Waals surface area (Å²) in [6, 6.07) is 8.51. The number of hydrogen-bond donors (Lipinski definition) is 1. The fraction of sp³-hybridized carbons (Fsp3) is 0.500. The van der Waals surface area contributed by atoms with Crippen LogP contribution in [0.15, 0.2) is 24.3 Å². The number of halogens is 1. The first-order valence-corrected chi connectivity index (χ1v) is 8.33. The van der Waals surface area contributed by atoms with Crippen LogP contribution in [0.4, 0.5) is 0 Å². The van der Waals surface area contributed by atoms with E-state index in [9.17, 15) is 0 Å². The molecule has 1 unspecified atom stereocenters. The molecule has 1 rings (SSSR count). The average molecular weight is 242 g/mol. The Morgan fingerprint density at radius 2 is 1.87 bits per heavy atom. The van der Waals surface area contributed by atoms with Gasteiger partial charge < -0.3 is 4.98 Å². The predicted molar refractivity (Wildman–Crippen MR) is 71.5 cm³/mol. The van der Waals surface area contributed by atoms with Crippen molar-refractivity contribution in [2.24, 2.45) is 0 Å². The van der Waals surface area contributed by atoms with Crippen molar-refractivity contribution in [3.63, 3.8) is 0 Å². The maximum atomic E-state index is 6.45. The van der Waals surface area contributed by atoms with Crippen molar-refractivity contribution in [1.29, 1.82) is 0 Å². The zero-order chi connectivity index (χ0) is 11.5. The second-order valence-corrected chi connectivity index (χ2v) is 7.82. The Labute approximate surface area is 99.2 Å². The third-order valence-electron chi connectivity index (χ3n) is 2.43. The lowest BCUT2D eigenvalue weighted by atomic mass is 9.87. The van der Waals surface area contributed by atoms with E-state index in [1.165, 1.54) is 10.8 Å². The molecule has 0 bridgehead atoms. The number of benzene rings is 1. The molecule has 1 atom stereocenters. The Bertz CT molecular complexity index is 320. The molecule has 0 saturated heterocycles. The Morgan fingerprint density at radius 1 is 1.27 bits per heavy atom. The lowest BCUT2D eigenvalue weighted by Crippen LogP contribution is -2.43. The summed E-state index contributed by atoms with van der Waals surface area (Å²) >= 11 is 6.45. The van der Waals surface area contributed by atoms with E-state index in [4.69, 9.17) is 11.1 Å². The van der Waals surface area contributed by atoms with Gasteiger partial charge in [-0.3, -0.25) is 0 Å². The molecule has 0 aromatic heterocycles. The highest BCUT2D eigenvalue weighted by molar-refractivity contribution is 7.13. The maximum Gasteiger partial charge on any atom is 0.242 e. The molecular formula is C12H20ClNSi. The Hall–Kier alpha value is -0.313. The molecule has 0 amide bonds. The third-order valence-corrected chi connectivity index (χ3v) is 5.41. The van der Waals surface area contributed by atoms with E-state index in [1.54, 1.807) is 0 Å². The molecule has 15 heavy (non-hydrogen) atoms. The van der Waals surface area contributed by atoms with Gasteiger partial charge >= 0.3 is 0 Å². The zero-order valence-electron chi connectivity index (χ0n) is 9.97. The first-order valence-electron chi connectivity index (χ1n) is 5.43. The standard InChI is InChI=1S/C12H20ClNSi/c1-5-14-15(13)11-9-7-6-8-10(11)12(2,3)4/h6-9,14-15H,5H2,1-4H3. The lowest BCUT2D eigenvalue weighted by molar-refractivity contribution is 0.594. The fourth-order valence-corrected chi connectivity index (χ4v) is 4.38. The Balaban J connectivity index is 3.06. The van der Waals surface area contributed by atoms with E-state index < -0.39 is 8.27 Å². The second-order valence-electron chi connectivity index (χ2n) is 4.76. The molecule has 84 valence electrons. The predicted octanol–water partition coefficient (Wildman–Crippen LogP) is 2.26. The van der Waals surface area contributed by atoms with Crippen molar-refractivity contribution in [3.05, 3.63) is 29.8 Å². The summed E-state index contributed by atoms with van der Waals surface area (Å²) in [7, 11) is -1.48. The molecule has 1 aromatic carbocycles. The molecule has 3 heteroatoms. The van der Waals surface area contributed by atoms with Crippen LogP contribution in [0.5, 0.6) is 0 Å². The first kappa shape index (κ1) is 12.8. The molecule has 0 fully saturated rings. The van der Waals surface area contributed by atoms with E-state index in [0.29, 0.717) is 0 Å². The van der Waals surface area contributed by atoms with Crippen molar-refractivity contribution in [2.75, 3.05) is 6.54 Å². The minimum Gasteiger partial charge on any atom is -0.325 e. The van der Waals surface area contributed by atoms with Crippen LogP contribution < -0.4 is 10.2 Å². The van der Waals surface area contributed by atoms with Gasteiger partial charge in [-0.15, -0.1) is 11.1 Å². The summed E-state index contributed by atoms with van der Waals surface area (Å²) < 4.78 is 0. The van der Waals surface area contributed by atoms with E-state index in [0.717, 1.165) is 6.54 Å². The minimum absolute atomic E-state index is 0.173. The van der Waals surface area contributed by atoms with Gasteiger partial charge in [0.1, 0.15) is 0 Å². The van der Waals surface area contributed by atoms with Crippen LogP contribution in [0.2, 0.25) is 0 Å². The highest BCUT2D eigenvalue weighted by Crippen LogP contribution is 2.20. The van der Waals surface area contributed by atoms with Gasteiger partial charge in [0.05, 0.1) is 0 Å². The summed E-state index contributed by atoms with van der Waals surface area (Å²) in [6.07, 6.45) is 0. The van der Waals surface area contributed by atoms with Crippen LogP contribution in [0.25, 0.3) is 0 Å². The van der Waals surface area contributed by atoms with Crippen LogP contribution in [0.1, 0.15) is 33.3 Å². The SMILES string of the molecule is CCN[SiH](Cl)c1ccccc1C(C)(C)C. The molecule has 0 aliphatic rings. The number of hydrogen-bond acceptors (Lipinski definition) is 1. The quantitative estimate of drug-likeness (QED) is 0.633. The summed E-state index contributed by atoms with van der Waals surface area (Å²) in [4.78, 5) is 3.38. The van der Waals surface area contributed by atoms with Gasteiger partial charge in [0.15, 0.2) is 0 Å². The van der Waals surface area contributed by atoms with Crippen LogP contribution in [-0.4, -0.2) is 14.8 Å². The molecule has 1 N–H and O–H groups in total. The van der Waals surface area contributed by atoms with Gasteiger partial charge in [0.25, 0.3) is 0 Å². The van der Waals surface area contributed by atoms with Crippen molar-refractivity contribution in [3.8, 4) is 0 Å².